The van der Waals surface area contributed by atoms with Gasteiger partial charge in [0.1, 0.15) is 0 Å². The van der Waals surface area contributed by atoms with Gasteiger partial charge in [0.25, 0.3) is 0 Å². The van der Waals surface area contributed by atoms with Gasteiger partial charge in [-0.2, -0.15) is 0 Å². The standard InChI is InChI=1S/C20H32N2O4/c1-4-12-26-19-13-16(6-7-18(19)25-3)14-21-10-8-17(9-11-21)22(5-2)15-20(23)24/h6-7,13,17H,4-5,8-12,14-15H2,1-3H3,(H,23,24). The van der Waals surface area contributed by atoms with E-state index in [1.165, 1.54) is 5.56 Å². The Morgan fingerprint density at radius 2 is 2.00 bits per heavy atom. The molecule has 1 aromatic rings. The maximum atomic E-state index is 11.0. The minimum atomic E-state index is -0.743. The number of aliphatic carboxylic acids is 1. The van der Waals surface area contributed by atoms with Gasteiger partial charge in [-0.05, 0) is 56.6 Å². The number of carboxylic acids is 1. The van der Waals surface area contributed by atoms with Gasteiger partial charge in [0.15, 0.2) is 11.5 Å². The first-order chi connectivity index (χ1) is 12.6. The number of likely N-dealkylation sites (tertiary alicyclic amines) is 1. The molecular formula is C20H32N2O4. The van der Waals surface area contributed by atoms with Crippen molar-refractivity contribution in [3.05, 3.63) is 23.8 Å². The molecule has 146 valence electrons. The number of ether oxygens (including phenoxy) is 2. The number of likely N-dealkylation sites (N-methyl/N-ethyl adjacent to an activating group) is 1. The summed E-state index contributed by atoms with van der Waals surface area (Å²) in [6.07, 6.45) is 2.98. The smallest absolute Gasteiger partial charge is 0.317 e. The second-order valence-corrected chi connectivity index (χ2v) is 6.80. The number of methoxy groups -OCH3 is 1. The number of piperidine rings is 1. The van der Waals surface area contributed by atoms with Crippen LogP contribution in [0.15, 0.2) is 18.2 Å². The summed E-state index contributed by atoms with van der Waals surface area (Å²) in [7, 11) is 1.66. The van der Waals surface area contributed by atoms with Crippen molar-refractivity contribution in [2.45, 2.75) is 45.7 Å². The quantitative estimate of drug-likeness (QED) is 0.689. The van der Waals surface area contributed by atoms with E-state index in [-0.39, 0.29) is 6.54 Å². The number of carbonyl (C=O) groups is 1. The number of carboxylic acid groups (broad SMARTS) is 1. The molecule has 1 aliphatic rings. The van der Waals surface area contributed by atoms with Gasteiger partial charge < -0.3 is 14.6 Å². The molecule has 6 heteroatoms. The molecule has 0 atom stereocenters. The molecular weight excluding hydrogens is 332 g/mol. The molecule has 0 aliphatic carbocycles. The summed E-state index contributed by atoms with van der Waals surface area (Å²) in [5.74, 6) is 0.834. The first-order valence-electron chi connectivity index (χ1n) is 9.55. The fourth-order valence-corrected chi connectivity index (χ4v) is 3.52. The van der Waals surface area contributed by atoms with E-state index in [0.29, 0.717) is 12.6 Å². The molecule has 1 aromatic carbocycles. The Morgan fingerprint density at radius 1 is 1.27 bits per heavy atom. The molecule has 1 N–H and O–H groups in total. The second kappa shape index (κ2) is 10.4. The average Bonchev–Trinajstić information content (AvgIpc) is 2.65. The fourth-order valence-electron chi connectivity index (χ4n) is 3.52. The van der Waals surface area contributed by atoms with Crippen LogP contribution in [0.5, 0.6) is 11.5 Å². The fraction of sp³-hybridized carbons (Fsp3) is 0.650. The van der Waals surface area contributed by atoms with E-state index in [1.807, 2.05) is 13.0 Å². The zero-order chi connectivity index (χ0) is 18.9. The predicted octanol–water partition coefficient (Wildman–Crippen LogP) is 2.85. The van der Waals surface area contributed by atoms with E-state index in [4.69, 9.17) is 14.6 Å². The Hall–Kier alpha value is -1.79. The third-order valence-electron chi connectivity index (χ3n) is 4.91. The van der Waals surface area contributed by atoms with E-state index in [1.54, 1.807) is 7.11 Å². The van der Waals surface area contributed by atoms with Gasteiger partial charge in [-0.25, -0.2) is 0 Å². The average molecular weight is 364 g/mol. The van der Waals surface area contributed by atoms with Crippen molar-refractivity contribution in [2.75, 3.05) is 39.9 Å². The van der Waals surface area contributed by atoms with Crippen molar-refractivity contribution < 1.29 is 19.4 Å². The van der Waals surface area contributed by atoms with Crippen LogP contribution in [0.25, 0.3) is 0 Å². The largest absolute Gasteiger partial charge is 0.493 e. The number of rotatable bonds is 10. The molecule has 1 fully saturated rings. The van der Waals surface area contributed by atoms with Gasteiger partial charge in [0, 0.05) is 12.6 Å². The van der Waals surface area contributed by atoms with Crippen LogP contribution in [-0.2, 0) is 11.3 Å². The number of hydrogen-bond acceptors (Lipinski definition) is 5. The van der Waals surface area contributed by atoms with E-state index < -0.39 is 5.97 Å². The highest BCUT2D eigenvalue weighted by Crippen LogP contribution is 2.29. The molecule has 0 bridgehead atoms. The molecule has 0 radical (unpaired) electrons. The molecule has 1 aliphatic heterocycles. The minimum absolute atomic E-state index is 0.137. The molecule has 0 saturated carbocycles. The van der Waals surface area contributed by atoms with Crippen molar-refractivity contribution in [2.24, 2.45) is 0 Å². The number of benzene rings is 1. The van der Waals surface area contributed by atoms with Gasteiger partial charge in [0.2, 0.25) is 0 Å². The van der Waals surface area contributed by atoms with Crippen LogP contribution >= 0.6 is 0 Å². The van der Waals surface area contributed by atoms with Crippen LogP contribution in [-0.4, -0.2) is 66.8 Å². The molecule has 1 heterocycles. The van der Waals surface area contributed by atoms with Crippen LogP contribution < -0.4 is 9.47 Å². The third kappa shape index (κ3) is 5.88. The normalized spacial score (nSPS) is 16.0. The minimum Gasteiger partial charge on any atom is -0.493 e. The highest BCUT2D eigenvalue weighted by atomic mass is 16.5. The third-order valence-corrected chi connectivity index (χ3v) is 4.91. The van der Waals surface area contributed by atoms with Gasteiger partial charge >= 0.3 is 5.97 Å². The molecule has 1 saturated heterocycles. The van der Waals surface area contributed by atoms with Gasteiger partial charge in [-0.1, -0.05) is 19.9 Å². The molecule has 6 nitrogen and oxygen atoms in total. The van der Waals surface area contributed by atoms with Crippen molar-refractivity contribution in [1.82, 2.24) is 9.80 Å². The Balaban J connectivity index is 1.91. The van der Waals surface area contributed by atoms with Crippen LogP contribution in [0.1, 0.15) is 38.7 Å². The summed E-state index contributed by atoms with van der Waals surface area (Å²) in [5.41, 5.74) is 1.22. The first kappa shape index (κ1) is 20.5. The number of nitrogens with zero attached hydrogens (tertiary/aromatic N) is 2. The molecule has 0 aromatic heterocycles. The SMILES string of the molecule is CCCOc1cc(CN2CCC(N(CC)CC(=O)O)CC2)ccc1OC. The highest BCUT2D eigenvalue weighted by Gasteiger charge is 2.25. The van der Waals surface area contributed by atoms with Crippen LogP contribution in [0.3, 0.4) is 0 Å². The lowest BCUT2D eigenvalue weighted by Crippen LogP contribution is -2.46. The molecule has 0 amide bonds. The van der Waals surface area contributed by atoms with Gasteiger partial charge in [-0.3, -0.25) is 14.6 Å². The summed E-state index contributed by atoms with van der Waals surface area (Å²) in [6, 6.07) is 6.50. The lowest BCUT2D eigenvalue weighted by Gasteiger charge is -2.37. The van der Waals surface area contributed by atoms with E-state index in [2.05, 4.69) is 28.9 Å². The Labute approximate surface area is 156 Å². The zero-order valence-corrected chi connectivity index (χ0v) is 16.2. The molecule has 0 unspecified atom stereocenters. The monoisotopic (exact) mass is 364 g/mol. The topological polar surface area (TPSA) is 62.2 Å². The summed E-state index contributed by atoms with van der Waals surface area (Å²) in [5, 5.41) is 9.05. The maximum Gasteiger partial charge on any atom is 0.317 e. The van der Waals surface area contributed by atoms with Crippen LogP contribution in [0, 0.1) is 0 Å². The Kier molecular flexibility index (Phi) is 8.19. The second-order valence-electron chi connectivity index (χ2n) is 6.80. The highest BCUT2D eigenvalue weighted by molar-refractivity contribution is 5.69. The number of hydrogen-bond donors (Lipinski definition) is 1. The van der Waals surface area contributed by atoms with E-state index >= 15 is 0 Å². The predicted molar refractivity (Wildman–Crippen MR) is 102 cm³/mol. The van der Waals surface area contributed by atoms with Crippen molar-refractivity contribution in [3.8, 4) is 11.5 Å². The van der Waals surface area contributed by atoms with E-state index in [0.717, 1.165) is 56.9 Å². The first-order valence-corrected chi connectivity index (χ1v) is 9.55. The zero-order valence-electron chi connectivity index (χ0n) is 16.2. The van der Waals surface area contributed by atoms with Gasteiger partial charge in [-0.15, -0.1) is 0 Å². The molecule has 0 spiro atoms. The summed E-state index contributed by atoms with van der Waals surface area (Å²) >= 11 is 0. The summed E-state index contributed by atoms with van der Waals surface area (Å²) in [6.45, 7) is 8.57. The maximum absolute atomic E-state index is 11.0. The lowest BCUT2D eigenvalue weighted by atomic mass is 10.0. The van der Waals surface area contributed by atoms with Crippen LogP contribution in [0.2, 0.25) is 0 Å². The van der Waals surface area contributed by atoms with Gasteiger partial charge in [0.05, 0.1) is 20.3 Å². The Morgan fingerprint density at radius 3 is 2.58 bits per heavy atom. The lowest BCUT2D eigenvalue weighted by molar-refractivity contribution is -0.139. The molecule has 2 rings (SSSR count). The summed E-state index contributed by atoms with van der Waals surface area (Å²) in [4.78, 5) is 15.5. The van der Waals surface area contributed by atoms with E-state index in [9.17, 15) is 4.79 Å². The van der Waals surface area contributed by atoms with Crippen molar-refractivity contribution >= 4 is 5.97 Å². The van der Waals surface area contributed by atoms with Crippen LogP contribution in [0.4, 0.5) is 0 Å². The molecule has 26 heavy (non-hydrogen) atoms. The Bertz CT molecular complexity index is 571. The van der Waals surface area contributed by atoms with Crippen molar-refractivity contribution in [3.63, 3.8) is 0 Å². The summed E-state index contributed by atoms with van der Waals surface area (Å²) < 4.78 is 11.2. The van der Waals surface area contributed by atoms with Crippen molar-refractivity contribution in [1.29, 1.82) is 0 Å².